The lowest BCUT2D eigenvalue weighted by Crippen LogP contribution is -2.38. The van der Waals surface area contributed by atoms with Crippen molar-refractivity contribution in [3.63, 3.8) is 0 Å². The summed E-state index contributed by atoms with van der Waals surface area (Å²) in [5.74, 6) is -0.0115. The molecule has 10 heteroatoms. The van der Waals surface area contributed by atoms with E-state index in [1.165, 1.54) is 18.2 Å². The van der Waals surface area contributed by atoms with Crippen molar-refractivity contribution in [3.8, 4) is 5.75 Å². The van der Waals surface area contributed by atoms with E-state index in [2.05, 4.69) is 5.32 Å². The molecule has 186 valence electrons. The van der Waals surface area contributed by atoms with E-state index in [1.807, 2.05) is 24.0 Å². The number of amides is 2. The number of anilines is 1. The Morgan fingerprint density at radius 2 is 1.86 bits per heavy atom. The minimum atomic E-state index is -4.56. The molecule has 35 heavy (non-hydrogen) atoms. The van der Waals surface area contributed by atoms with Gasteiger partial charge in [-0.3, -0.25) is 14.5 Å². The Kier molecular flexibility index (Phi) is 7.30. The molecular weight excluding hydrogens is 463 g/mol. The Bertz CT molecular complexity index is 1210. The Morgan fingerprint density at radius 3 is 2.63 bits per heavy atom. The molecular formula is C25H26F3N3O4. The molecule has 0 bridgehead atoms. The van der Waals surface area contributed by atoms with Crippen LogP contribution in [0.4, 0.5) is 18.9 Å². The summed E-state index contributed by atoms with van der Waals surface area (Å²) in [6.45, 7) is 4.05. The van der Waals surface area contributed by atoms with E-state index in [1.54, 1.807) is 17.0 Å². The maximum Gasteiger partial charge on any atom is 0.418 e. The van der Waals surface area contributed by atoms with Crippen LogP contribution in [0, 0.1) is 0 Å². The molecule has 0 radical (unpaired) electrons. The largest absolute Gasteiger partial charge is 0.490 e. The molecule has 2 amide bonds. The van der Waals surface area contributed by atoms with Crippen molar-refractivity contribution in [2.45, 2.75) is 19.5 Å². The molecule has 0 atom stereocenters. The number of ether oxygens (including phenoxy) is 1. The van der Waals surface area contributed by atoms with E-state index in [9.17, 15) is 22.8 Å². The molecule has 1 aromatic heterocycles. The summed E-state index contributed by atoms with van der Waals surface area (Å²) < 4.78 is 50.9. The molecule has 0 aliphatic carbocycles. The number of rotatable bonds is 6. The zero-order chi connectivity index (χ0) is 25.0. The number of fused-ring (bicyclic) bond motifs is 1. The van der Waals surface area contributed by atoms with Crippen molar-refractivity contribution in [1.29, 1.82) is 0 Å². The van der Waals surface area contributed by atoms with Crippen molar-refractivity contribution < 1.29 is 31.9 Å². The summed E-state index contributed by atoms with van der Waals surface area (Å²) in [5, 5.41) is 3.14. The second kappa shape index (κ2) is 10.4. The quantitative estimate of drug-likeness (QED) is 0.546. The number of halogens is 3. The van der Waals surface area contributed by atoms with E-state index >= 15 is 0 Å². The van der Waals surface area contributed by atoms with Gasteiger partial charge in [-0.1, -0.05) is 24.3 Å². The van der Waals surface area contributed by atoms with E-state index in [0.717, 1.165) is 11.5 Å². The maximum atomic E-state index is 13.2. The first-order valence-corrected chi connectivity index (χ1v) is 11.4. The van der Waals surface area contributed by atoms with E-state index in [-0.39, 0.29) is 23.9 Å². The fourth-order valence-electron chi connectivity index (χ4n) is 4.13. The number of furan rings is 1. The van der Waals surface area contributed by atoms with Gasteiger partial charge in [-0.05, 0) is 37.6 Å². The molecule has 1 aliphatic heterocycles. The van der Waals surface area contributed by atoms with Gasteiger partial charge in [0, 0.05) is 31.6 Å². The van der Waals surface area contributed by atoms with Crippen molar-refractivity contribution >= 4 is 28.5 Å². The molecule has 1 N–H and O–H groups in total. The number of hydrogen-bond donors (Lipinski definition) is 1. The first-order chi connectivity index (χ1) is 16.8. The smallest absolute Gasteiger partial charge is 0.418 e. The fourth-order valence-corrected chi connectivity index (χ4v) is 4.13. The van der Waals surface area contributed by atoms with Crippen LogP contribution in [0.15, 0.2) is 52.9 Å². The van der Waals surface area contributed by atoms with Crippen LogP contribution in [0.2, 0.25) is 0 Å². The third kappa shape index (κ3) is 5.76. The number of nitrogens with one attached hydrogen (secondary N) is 1. The SMILES string of the molecule is CCOc1cccc2cc(C(=O)N3CCCN(CC(=O)Nc4ccccc4C(F)(F)F)CC3)oc12. The summed E-state index contributed by atoms with van der Waals surface area (Å²) in [6, 6.07) is 12.0. The average molecular weight is 489 g/mol. The lowest BCUT2D eigenvalue weighted by atomic mass is 10.1. The van der Waals surface area contributed by atoms with E-state index < -0.39 is 17.6 Å². The molecule has 0 spiro atoms. The predicted molar refractivity (Wildman–Crippen MR) is 124 cm³/mol. The summed E-state index contributed by atoms with van der Waals surface area (Å²) in [6.07, 6.45) is -3.95. The third-order valence-corrected chi connectivity index (χ3v) is 5.77. The van der Waals surface area contributed by atoms with Gasteiger partial charge in [-0.15, -0.1) is 0 Å². The van der Waals surface area contributed by atoms with E-state index in [0.29, 0.717) is 50.5 Å². The number of nitrogens with zero attached hydrogens (tertiary/aromatic N) is 2. The van der Waals surface area contributed by atoms with Gasteiger partial charge in [0.25, 0.3) is 5.91 Å². The van der Waals surface area contributed by atoms with Crippen molar-refractivity contribution in [1.82, 2.24) is 9.80 Å². The van der Waals surface area contributed by atoms with Gasteiger partial charge in [0.05, 0.1) is 24.4 Å². The predicted octanol–water partition coefficient (Wildman–Crippen LogP) is 4.64. The molecule has 2 heterocycles. The zero-order valence-electron chi connectivity index (χ0n) is 19.2. The van der Waals surface area contributed by atoms with Gasteiger partial charge < -0.3 is 19.4 Å². The van der Waals surface area contributed by atoms with Crippen molar-refractivity contribution in [3.05, 3.63) is 59.9 Å². The van der Waals surface area contributed by atoms with Crippen LogP contribution in [0.1, 0.15) is 29.5 Å². The molecule has 1 fully saturated rings. The topological polar surface area (TPSA) is 75.0 Å². The Hall–Kier alpha value is -3.53. The molecule has 3 aromatic rings. The normalized spacial score (nSPS) is 15.1. The number of benzene rings is 2. The number of carbonyl (C=O) groups excluding carboxylic acids is 2. The molecule has 4 rings (SSSR count). The zero-order valence-corrected chi connectivity index (χ0v) is 19.2. The average Bonchev–Trinajstić information content (AvgIpc) is 3.13. The standard InChI is InChI=1S/C25H26F3N3O4/c1-2-34-20-10-5-7-17-15-21(35-23(17)20)24(33)31-12-6-11-30(13-14-31)16-22(32)29-19-9-4-3-8-18(19)25(26,27)28/h3-5,7-10,15H,2,6,11-14,16H2,1H3,(H,29,32). The first kappa shape index (κ1) is 24.6. The van der Waals surface area contributed by atoms with Crippen LogP contribution >= 0.6 is 0 Å². The van der Waals surface area contributed by atoms with Gasteiger partial charge in [-0.2, -0.15) is 13.2 Å². The highest BCUT2D eigenvalue weighted by Gasteiger charge is 2.33. The van der Waals surface area contributed by atoms with Crippen LogP contribution in [0.5, 0.6) is 5.75 Å². The minimum absolute atomic E-state index is 0.0728. The summed E-state index contributed by atoms with van der Waals surface area (Å²) in [4.78, 5) is 29.0. The highest BCUT2D eigenvalue weighted by Crippen LogP contribution is 2.34. The molecule has 2 aromatic carbocycles. The van der Waals surface area contributed by atoms with Crippen LogP contribution in [0.3, 0.4) is 0 Å². The van der Waals surface area contributed by atoms with Crippen molar-refractivity contribution in [2.24, 2.45) is 0 Å². The van der Waals surface area contributed by atoms with Gasteiger partial charge >= 0.3 is 6.18 Å². The van der Waals surface area contributed by atoms with Crippen LogP contribution < -0.4 is 10.1 Å². The highest BCUT2D eigenvalue weighted by molar-refractivity contribution is 5.97. The lowest BCUT2D eigenvalue weighted by Gasteiger charge is -2.21. The van der Waals surface area contributed by atoms with E-state index in [4.69, 9.17) is 9.15 Å². The minimum Gasteiger partial charge on any atom is -0.490 e. The monoisotopic (exact) mass is 489 g/mol. The summed E-state index contributed by atoms with van der Waals surface area (Å²) >= 11 is 0. The molecule has 7 nitrogen and oxygen atoms in total. The van der Waals surface area contributed by atoms with Crippen LogP contribution in [-0.4, -0.2) is 60.9 Å². The van der Waals surface area contributed by atoms with Gasteiger partial charge in [0.2, 0.25) is 5.91 Å². The molecule has 1 aliphatic rings. The first-order valence-electron chi connectivity index (χ1n) is 11.4. The second-order valence-electron chi connectivity index (χ2n) is 8.23. The third-order valence-electron chi connectivity index (χ3n) is 5.77. The summed E-state index contributed by atoms with van der Waals surface area (Å²) in [7, 11) is 0. The molecule has 1 saturated heterocycles. The number of hydrogen-bond acceptors (Lipinski definition) is 5. The number of alkyl halides is 3. The number of carbonyl (C=O) groups is 2. The van der Waals surface area contributed by atoms with Crippen molar-refractivity contribution in [2.75, 3.05) is 44.6 Å². The summed E-state index contributed by atoms with van der Waals surface area (Å²) in [5.41, 5.74) is -0.641. The van der Waals surface area contributed by atoms with Crippen LogP contribution in [0.25, 0.3) is 11.0 Å². The Morgan fingerprint density at radius 1 is 1.06 bits per heavy atom. The highest BCUT2D eigenvalue weighted by atomic mass is 19.4. The lowest BCUT2D eigenvalue weighted by molar-refractivity contribution is -0.137. The van der Waals surface area contributed by atoms with Gasteiger partial charge in [0.1, 0.15) is 0 Å². The molecule has 0 unspecified atom stereocenters. The van der Waals surface area contributed by atoms with Crippen LogP contribution in [-0.2, 0) is 11.0 Å². The Labute approximate surface area is 200 Å². The Balaban J connectivity index is 1.37. The maximum absolute atomic E-state index is 13.2. The van der Waals surface area contributed by atoms with Gasteiger partial charge in [-0.25, -0.2) is 0 Å². The fraction of sp³-hybridized carbons (Fsp3) is 0.360. The number of para-hydroxylation sites is 2. The van der Waals surface area contributed by atoms with Gasteiger partial charge in [0.15, 0.2) is 17.1 Å². The second-order valence-corrected chi connectivity index (χ2v) is 8.23. The molecule has 0 saturated carbocycles.